The molecule has 0 aromatic heterocycles. The number of amides is 1. The number of carbonyl (C=O) groups excluding carboxylic acids is 4. The van der Waals surface area contributed by atoms with Gasteiger partial charge in [-0.25, -0.2) is 4.79 Å². The molecule has 1 saturated carbocycles. The molecule has 16 atom stereocenters. The standard InChI is InChI=1S/C51H81NO13/c1-30-16-12-11-13-17-31(2)42(61-8)28-38-21-19-36(7)51(60,65-38)48(57)49(58)52-23-15-14-18-39(52)50(59)64-43(33(4)26-37-20-22-40(53)44(27-37)62-9)29-41(54)32(3)25-35(6)46(56)47(63-10)45(55)34(5)24-30/h11-13,16-17,25,30,32-34,36-40,42-44,46-48,53,56-57,60H,14-15,18-24,26-29H2,1-10H3/b13-11+,16-12-,31-17+,35-25+/t30-,32-,33-,34-,36-,37+,38+,39+,40-,42+,43+,44-,46-,47+,48?,51-/m1/s1. The second-order valence-corrected chi connectivity index (χ2v) is 19.8. The lowest BCUT2D eigenvalue weighted by molar-refractivity contribution is -0.317. The molecule has 65 heavy (non-hydrogen) atoms. The fourth-order valence-electron chi connectivity index (χ4n) is 10.3. The van der Waals surface area contributed by atoms with E-state index in [1.54, 1.807) is 41.1 Å². The minimum absolute atomic E-state index is 0.0264. The summed E-state index contributed by atoms with van der Waals surface area (Å²) in [6.07, 6.45) is 9.72. The number of allylic oxidation sites excluding steroid dienone is 6. The monoisotopic (exact) mass is 916 g/mol. The minimum Gasteiger partial charge on any atom is -0.460 e. The largest absolute Gasteiger partial charge is 0.460 e. The number of aliphatic hydroxyl groups excluding tert-OH is 3. The summed E-state index contributed by atoms with van der Waals surface area (Å²) in [5.74, 6) is -6.22. The highest BCUT2D eigenvalue weighted by molar-refractivity contribution is 5.89. The second-order valence-electron chi connectivity index (χ2n) is 19.8. The van der Waals surface area contributed by atoms with Gasteiger partial charge in [0.1, 0.15) is 30.1 Å². The van der Waals surface area contributed by atoms with Gasteiger partial charge in [0.2, 0.25) is 5.79 Å². The van der Waals surface area contributed by atoms with Crippen molar-refractivity contribution in [2.24, 2.45) is 35.5 Å². The van der Waals surface area contributed by atoms with Crippen LogP contribution in [0.5, 0.6) is 0 Å². The van der Waals surface area contributed by atoms with E-state index in [1.807, 2.05) is 58.1 Å². The molecule has 3 heterocycles. The van der Waals surface area contributed by atoms with Crippen LogP contribution in [0.25, 0.3) is 0 Å². The molecule has 4 aliphatic rings. The van der Waals surface area contributed by atoms with Crippen LogP contribution in [0, 0.1) is 35.5 Å². The molecule has 4 N–H and O–H groups in total. The zero-order valence-corrected chi connectivity index (χ0v) is 40.7. The maximum Gasteiger partial charge on any atom is 0.329 e. The van der Waals surface area contributed by atoms with Crippen molar-refractivity contribution < 1.29 is 63.3 Å². The predicted molar refractivity (Wildman–Crippen MR) is 246 cm³/mol. The number of ketones is 2. The van der Waals surface area contributed by atoms with E-state index in [4.69, 9.17) is 23.7 Å². The van der Waals surface area contributed by atoms with Crippen LogP contribution in [0.2, 0.25) is 0 Å². The van der Waals surface area contributed by atoms with E-state index in [1.165, 1.54) is 12.0 Å². The highest BCUT2D eigenvalue weighted by Crippen LogP contribution is 2.39. The van der Waals surface area contributed by atoms with Crippen LogP contribution in [0.15, 0.2) is 47.6 Å². The highest BCUT2D eigenvalue weighted by atomic mass is 16.6. The quantitative estimate of drug-likeness (QED) is 0.180. The van der Waals surface area contributed by atoms with E-state index in [-0.39, 0.29) is 60.9 Å². The number of ether oxygens (including phenoxy) is 5. The number of cyclic esters (lactones) is 1. The van der Waals surface area contributed by atoms with Gasteiger partial charge >= 0.3 is 5.97 Å². The lowest BCUT2D eigenvalue weighted by Gasteiger charge is -2.46. The minimum atomic E-state index is -2.23. The summed E-state index contributed by atoms with van der Waals surface area (Å²) in [6, 6.07) is -1.08. The molecule has 1 aliphatic carbocycles. The van der Waals surface area contributed by atoms with Gasteiger partial charge in [-0.15, -0.1) is 0 Å². The summed E-state index contributed by atoms with van der Waals surface area (Å²) >= 11 is 0. The molecule has 1 amide bonds. The van der Waals surface area contributed by atoms with Crippen molar-refractivity contribution in [1.29, 1.82) is 0 Å². The van der Waals surface area contributed by atoms with Crippen molar-refractivity contribution in [1.82, 2.24) is 4.90 Å². The molecule has 0 spiro atoms. The first-order valence-corrected chi connectivity index (χ1v) is 24.1. The van der Waals surface area contributed by atoms with Gasteiger partial charge in [0.25, 0.3) is 5.91 Å². The number of piperidine rings is 1. The normalized spacial score (nSPS) is 41.5. The highest BCUT2D eigenvalue weighted by Gasteiger charge is 2.53. The van der Waals surface area contributed by atoms with Crippen molar-refractivity contribution in [3.63, 3.8) is 0 Å². The molecule has 368 valence electrons. The Labute approximate surface area is 387 Å². The molecule has 4 rings (SSSR count). The van der Waals surface area contributed by atoms with E-state index in [9.17, 15) is 39.6 Å². The van der Waals surface area contributed by atoms with Gasteiger partial charge in [-0.2, -0.15) is 0 Å². The maximum absolute atomic E-state index is 14.4. The summed E-state index contributed by atoms with van der Waals surface area (Å²) in [7, 11) is 4.55. The molecule has 2 saturated heterocycles. The van der Waals surface area contributed by atoms with Crippen LogP contribution in [-0.2, 0) is 42.9 Å². The Morgan fingerprint density at radius 1 is 0.846 bits per heavy atom. The van der Waals surface area contributed by atoms with E-state index < -0.39 is 78.1 Å². The summed E-state index contributed by atoms with van der Waals surface area (Å²) in [4.78, 5) is 57.8. The van der Waals surface area contributed by atoms with Gasteiger partial charge in [0.05, 0.1) is 24.4 Å². The zero-order chi connectivity index (χ0) is 48.2. The molecule has 14 heteroatoms. The first kappa shape index (κ1) is 54.5. The van der Waals surface area contributed by atoms with Crippen molar-refractivity contribution >= 4 is 23.4 Å². The topological polar surface area (TPSA) is 199 Å². The van der Waals surface area contributed by atoms with Crippen LogP contribution < -0.4 is 0 Å². The zero-order valence-electron chi connectivity index (χ0n) is 40.7. The Kier molecular flexibility index (Phi) is 21.3. The number of nitrogens with zero attached hydrogens (tertiary/aromatic N) is 1. The average molecular weight is 916 g/mol. The van der Waals surface area contributed by atoms with Gasteiger partial charge in [-0.1, -0.05) is 71.1 Å². The van der Waals surface area contributed by atoms with Gasteiger partial charge in [-0.05, 0) is 107 Å². The van der Waals surface area contributed by atoms with Gasteiger partial charge in [0.15, 0.2) is 11.9 Å². The molecule has 0 radical (unpaired) electrons. The number of rotatable bonds is 6. The van der Waals surface area contributed by atoms with Crippen molar-refractivity contribution in [3.05, 3.63) is 47.6 Å². The summed E-state index contributed by atoms with van der Waals surface area (Å²) in [5.41, 5.74) is 1.30. The van der Waals surface area contributed by atoms with Crippen LogP contribution in [0.4, 0.5) is 0 Å². The molecule has 1 unspecified atom stereocenters. The lowest BCUT2D eigenvalue weighted by atomic mass is 9.78. The third-order valence-corrected chi connectivity index (χ3v) is 14.7. The van der Waals surface area contributed by atoms with E-state index in [0.717, 1.165) is 12.0 Å². The molecule has 3 fully saturated rings. The third-order valence-electron chi connectivity index (χ3n) is 14.7. The van der Waals surface area contributed by atoms with Gasteiger partial charge < -0.3 is 49.0 Å². The first-order valence-electron chi connectivity index (χ1n) is 24.1. The number of carbonyl (C=O) groups is 4. The first-order chi connectivity index (χ1) is 30.7. The molecule has 2 bridgehead atoms. The predicted octanol–water partition coefficient (Wildman–Crippen LogP) is 5.97. The van der Waals surface area contributed by atoms with Gasteiger partial charge in [0, 0.05) is 58.5 Å². The molecular formula is C51H81NO13. The summed E-state index contributed by atoms with van der Waals surface area (Å²) in [5, 5.41) is 45.7. The number of hydrogen-bond acceptors (Lipinski definition) is 13. The Morgan fingerprint density at radius 2 is 1.57 bits per heavy atom. The SMILES string of the molecule is CO[C@H]1C[C@@H]2CC[C@@H](C)[C@@](O)(O2)C(O)C(=O)N2CCCC[C@H]2C(=O)O[C@H]([C@H](C)C[C@@H]2CC[C@@H](O)[C@H](OC)C2)CC(=O)[C@H](C)/C=C(\C)[C@@H](O)[C@@H](OC)C(=O)[C@H](C)C[C@H](C)\C=C/C=C/C=C/1C. The number of esters is 1. The Bertz CT molecular complexity index is 1710. The van der Waals surface area contributed by atoms with Crippen molar-refractivity contribution in [2.45, 2.75) is 186 Å². The van der Waals surface area contributed by atoms with E-state index in [0.29, 0.717) is 63.4 Å². The second kappa shape index (κ2) is 25.3. The third kappa shape index (κ3) is 14.5. The van der Waals surface area contributed by atoms with E-state index in [2.05, 4.69) is 0 Å². The van der Waals surface area contributed by atoms with E-state index >= 15 is 0 Å². The molecule has 0 aromatic carbocycles. The molecule has 3 aliphatic heterocycles. The fourth-order valence-corrected chi connectivity index (χ4v) is 10.3. The van der Waals surface area contributed by atoms with Crippen LogP contribution in [-0.4, -0.2) is 137 Å². The maximum atomic E-state index is 14.4. The molecular weight excluding hydrogens is 835 g/mol. The van der Waals surface area contributed by atoms with Crippen molar-refractivity contribution in [3.8, 4) is 0 Å². The molecule has 0 aromatic rings. The number of methoxy groups -OCH3 is 3. The summed E-state index contributed by atoms with van der Waals surface area (Å²) < 4.78 is 29.5. The number of Topliss-reactive ketones (excluding diaryl/α,β-unsaturated/α-hetero) is 2. The Morgan fingerprint density at radius 3 is 2.25 bits per heavy atom. The van der Waals surface area contributed by atoms with Crippen LogP contribution in [0.1, 0.15) is 126 Å². The smallest absolute Gasteiger partial charge is 0.329 e. The average Bonchev–Trinajstić information content (AvgIpc) is 3.28. The lowest BCUT2D eigenvalue weighted by Crippen LogP contribution is -2.63. The van der Waals surface area contributed by atoms with Gasteiger partial charge in [-0.3, -0.25) is 14.4 Å². The number of fused-ring (bicyclic) bond motifs is 3. The van der Waals surface area contributed by atoms with Crippen molar-refractivity contribution in [2.75, 3.05) is 27.9 Å². The number of aliphatic hydroxyl groups is 4. The van der Waals surface area contributed by atoms with Crippen LogP contribution in [0.3, 0.4) is 0 Å². The summed E-state index contributed by atoms with van der Waals surface area (Å²) in [6.45, 7) is 12.9. The van der Waals surface area contributed by atoms with Crippen LogP contribution >= 0.6 is 0 Å². The Hall–Kier alpha value is -3.08. The number of hydrogen-bond donors (Lipinski definition) is 4. The Balaban J connectivity index is 1.70. The molecule has 14 nitrogen and oxygen atoms in total. The fraction of sp³-hybridized carbons (Fsp3) is 0.765.